The highest BCUT2D eigenvalue weighted by Crippen LogP contribution is 2.25. The van der Waals surface area contributed by atoms with E-state index >= 15 is 0 Å². The van der Waals surface area contributed by atoms with Crippen LogP contribution in [-0.2, 0) is 24.0 Å². The molecule has 7 nitrogen and oxygen atoms in total. The van der Waals surface area contributed by atoms with E-state index in [4.69, 9.17) is 14.7 Å². The van der Waals surface area contributed by atoms with E-state index in [9.17, 15) is 14.4 Å². The van der Waals surface area contributed by atoms with Gasteiger partial charge in [0.2, 0.25) is 12.2 Å². The van der Waals surface area contributed by atoms with Gasteiger partial charge in [0.25, 0.3) is 0 Å². The van der Waals surface area contributed by atoms with Gasteiger partial charge in [0, 0.05) is 13.8 Å². The van der Waals surface area contributed by atoms with E-state index in [0.29, 0.717) is 5.06 Å². The molecule has 7 heteroatoms. The molecule has 0 bridgehead atoms. The molecule has 0 heterocycles. The predicted octanol–water partition coefficient (Wildman–Crippen LogP) is 1.32. The minimum Gasteiger partial charge on any atom is -0.480 e. The number of carbonyl (C=O) groups excluding carboxylic acids is 2. The average Bonchev–Trinajstić information content (AvgIpc) is 2.38. The third-order valence-corrected chi connectivity index (χ3v) is 3.13. The summed E-state index contributed by atoms with van der Waals surface area (Å²) in [6.07, 6.45) is 3.76. The Hall–Kier alpha value is -1.63. The van der Waals surface area contributed by atoms with Crippen LogP contribution in [0.1, 0.15) is 46.0 Å². The third kappa shape index (κ3) is 5.56. The molecule has 114 valence electrons. The van der Waals surface area contributed by atoms with Crippen molar-refractivity contribution in [2.24, 2.45) is 5.92 Å². The number of aliphatic carboxylic acids is 1. The summed E-state index contributed by atoms with van der Waals surface area (Å²) in [4.78, 5) is 38.7. The third-order valence-electron chi connectivity index (χ3n) is 3.13. The van der Waals surface area contributed by atoms with E-state index in [1.54, 1.807) is 0 Å². The van der Waals surface area contributed by atoms with Crippen LogP contribution >= 0.6 is 0 Å². The second kappa shape index (κ2) is 7.84. The summed E-state index contributed by atoms with van der Waals surface area (Å²) in [5, 5.41) is 9.32. The van der Waals surface area contributed by atoms with E-state index in [-0.39, 0.29) is 11.9 Å². The molecule has 1 atom stereocenters. The number of rotatable bonds is 6. The number of carboxylic acid groups (broad SMARTS) is 1. The van der Waals surface area contributed by atoms with Gasteiger partial charge in [0.1, 0.15) is 6.54 Å². The van der Waals surface area contributed by atoms with Crippen LogP contribution in [0.5, 0.6) is 0 Å². The van der Waals surface area contributed by atoms with Crippen molar-refractivity contribution < 1.29 is 29.1 Å². The Morgan fingerprint density at radius 2 is 1.85 bits per heavy atom. The van der Waals surface area contributed by atoms with Gasteiger partial charge in [-0.3, -0.25) is 14.4 Å². The maximum absolute atomic E-state index is 11.9. The molecular weight excluding hydrogens is 266 g/mol. The summed E-state index contributed by atoms with van der Waals surface area (Å²) in [7, 11) is 0. The zero-order valence-electron chi connectivity index (χ0n) is 11.8. The second-order valence-corrected chi connectivity index (χ2v) is 4.89. The molecule has 1 N–H and O–H groups in total. The lowest BCUT2D eigenvalue weighted by molar-refractivity contribution is -0.259. The number of ether oxygens (including phenoxy) is 1. The number of nitrogens with zero attached hydrogens (tertiary/aromatic N) is 1. The second-order valence-electron chi connectivity index (χ2n) is 4.89. The number of amides is 1. The first-order valence-corrected chi connectivity index (χ1v) is 6.77. The zero-order valence-corrected chi connectivity index (χ0v) is 11.8. The molecule has 1 aliphatic rings. The van der Waals surface area contributed by atoms with Crippen LogP contribution in [0, 0.1) is 5.92 Å². The molecule has 1 aliphatic carbocycles. The van der Waals surface area contributed by atoms with Crippen molar-refractivity contribution in [1.29, 1.82) is 0 Å². The van der Waals surface area contributed by atoms with E-state index in [1.165, 1.54) is 13.8 Å². The van der Waals surface area contributed by atoms with Crippen molar-refractivity contribution in [3.63, 3.8) is 0 Å². The number of carbonyl (C=O) groups is 3. The standard InChI is InChI=1S/C13H21NO6/c1-9(15)14(8-12(16)17)20-10(2)19-13(18)11-6-4-3-5-7-11/h10-11H,3-8H2,1-2H3,(H,16,17). The topological polar surface area (TPSA) is 93.1 Å². The van der Waals surface area contributed by atoms with Crippen molar-refractivity contribution >= 4 is 17.8 Å². The molecule has 1 unspecified atom stereocenters. The van der Waals surface area contributed by atoms with Gasteiger partial charge in [0.15, 0.2) is 0 Å². The number of hydrogen-bond donors (Lipinski definition) is 1. The minimum atomic E-state index is -1.20. The SMILES string of the molecule is CC(=O)N(CC(=O)O)OC(C)OC(=O)C1CCCCC1. The Labute approximate surface area is 117 Å². The molecule has 0 aromatic rings. The highest BCUT2D eigenvalue weighted by atomic mass is 16.8. The first-order valence-electron chi connectivity index (χ1n) is 6.77. The highest BCUT2D eigenvalue weighted by Gasteiger charge is 2.26. The van der Waals surface area contributed by atoms with E-state index in [1.807, 2.05) is 0 Å². The smallest absolute Gasteiger partial charge is 0.325 e. The fourth-order valence-corrected chi connectivity index (χ4v) is 2.14. The molecule has 0 saturated heterocycles. The van der Waals surface area contributed by atoms with E-state index in [2.05, 4.69) is 0 Å². The van der Waals surface area contributed by atoms with Gasteiger partial charge in [-0.2, -0.15) is 0 Å². The maximum Gasteiger partial charge on any atom is 0.325 e. The zero-order chi connectivity index (χ0) is 15.1. The first-order chi connectivity index (χ1) is 9.40. The van der Waals surface area contributed by atoms with E-state index < -0.39 is 24.7 Å². The van der Waals surface area contributed by atoms with Crippen LogP contribution in [0.3, 0.4) is 0 Å². The van der Waals surface area contributed by atoms with Gasteiger partial charge in [-0.05, 0) is 12.8 Å². The Bertz CT molecular complexity index is 364. The highest BCUT2D eigenvalue weighted by molar-refractivity contribution is 5.78. The number of hydrogen-bond acceptors (Lipinski definition) is 5. The van der Waals surface area contributed by atoms with Crippen molar-refractivity contribution in [2.45, 2.75) is 52.2 Å². The number of hydroxylamine groups is 2. The largest absolute Gasteiger partial charge is 0.480 e. The van der Waals surface area contributed by atoms with Crippen molar-refractivity contribution in [2.75, 3.05) is 6.54 Å². The lowest BCUT2D eigenvalue weighted by Crippen LogP contribution is -2.38. The molecule has 1 fully saturated rings. The molecule has 1 rings (SSSR count). The normalized spacial score (nSPS) is 17.3. The Morgan fingerprint density at radius 3 is 2.35 bits per heavy atom. The lowest BCUT2D eigenvalue weighted by atomic mass is 9.89. The van der Waals surface area contributed by atoms with Gasteiger partial charge in [-0.15, -0.1) is 0 Å². The summed E-state index contributed by atoms with van der Waals surface area (Å²) in [5.41, 5.74) is 0. The van der Waals surface area contributed by atoms with Crippen molar-refractivity contribution in [3.8, 4) is 0 Å². The lowest BCUT2D eigenvalue weighted by Gasteiger charge is -2.25. The summed E-state index contributed by atoms with van der Waals surface area (Å²) in [5.74, 6) is -2.24. The number of carboxylic acids is 1. The first kappa shape index (κ1) is 16.4. The molecule has 1 amide bonds. The molecule has 0 spiro atoms. The average molecular weight is 287 g/mol. The molecule has 0 aliphatic heterocycles. The quantitative estimate of drug-likeness (QED) is 0.450. The minimum absolute atomic E-state index is 0.125. The Morgan fingerprint density at radius 1 is 1.25 bits per heavy atom. The van der Waals surface area contributed by atoms with E-state index in [0.717, 1.165) is 32.1 Å². The fourth-order valence-electron chi connectivity index (χ4n) is 2.14. The summed E-state index contributed by atoms with van der Waals surface area (Å²) >= 11 is 0. The Kier molecular flexibility index (Phi) is 6.44. The van der Waals surface area contributed by atoms with Crippen LogP contribution in [0.15, 0.2) is 0 Å². The monoisotopic (exact) mass is 287 g/mol. The van der Waals surface area contributed by atoms with Gasteiger partial charge >= 0.3 is 11.9 Å². The molecule has 1 saturated carbocycles. The molecular formula is C13H21NO6. The number of esters is 1. The van der Waals surface area contributed by atoms with Crippen LogP contribution < -0.4 is 0 Å². The fraction of sp³-hybridized carbons (Fsp3) is 0.769. The molecule has 0 radical (unpaired) electrons. The Balaban J connectivity index is 2.43. The van der Waals surface area contributed by atoms with Crippen LogP contribution in [0.25, 0.3) is 0 Å². The van der Waals surface area contributed by atoms with Crippen LogP contribution in [-0.4, -0.2) is 40.9 Å². The van der Waals surface area contributed by atoms with Gasteiger partial charge in [-0.1, -0.05) is 19.3 Å². The molecule has 20 heavy (non-hydrogen) atoms. The van der Waals surface area contributed by atoms with Crippen molar-refractivity contribution in [3.05, 3.63) is 0 Å². The van der Waals surface area contributed by atoms with Crippen molar-refractivity contribution in [1.82, 2.24) is 5.06 Å². The summed E-state index contributed by atoms with van der Waals surface area (Å²) in [6.45, 7) is 2.04. The van der Waals surface area contributed by atoms with Gasteiger partial charge in [0.05, 0.1) is 5.92 Å². The molecule has 0 aromatic heterocycles. The maximum atomic E-state index is 11.9. The van der Waals surface area contributed by atoms with Gasteiger partial charge in [-0.25, -0.2) is 9.90 Å². The van der Waals surface area contributed by atoms with Crippen LogP contribution in [0.4, 0.5) is 0 Å². The summed E-state index contributed by atoms with van der Waals surface area (Å²) in [6, 6.07) is 0. The van der Waals surface area contributed by atoms with Gasteiger partial charge < -0.3 is 9.84 Å². The molecule has 0 aromatic carbocycles. The summed E-state index contributed by atoms with van der Waals surface area (Å²) < 4.78 is 5.10. The van der Waals surface area contributed by atoms with Crippen LogP contribution in [0.2, 0.25) is 0 Å². The predicted molar refractivity (Wildman–Crippen MR) is 68.2 cm³/mol.